The maximum absolute atomic E-state index is 11.9. The molecule has 1 fully saturated rings. The van der Waals surface area contributed by atoms with Crippen molar-refractivity contribution in [1.82, 2.24) is 0 Å². The highest BCUT2D eigenvalue weighted by Crippen LogP contribution is 2.38. The van der Waals surface area contributed by atoms with Gasteiger partial charge in [0.2, 0.25) is 0 Å². The van der Waals surface area contributed by atoms with Crippen LogP contribution in [-0.2, 0) is 27.2 Å². The van der Waals surface area contributed by atoms with E-state index in [9.17, 15) is 25.2 Å². The average molecular weight is 396 g/mol. The third kappa shape index (κ3) is 3.98. The number of ether oxygens (including phenoxy) is 4. The molecule has 2 aliphatic heterocycles. The molecule has 0 aliphatic carbocycles. The van der Waals surface area contributed by atoms with Gasteiger partial charge < -0.3 is 39.4 Å². The molecule has 1 aromatic carbocycles. The summed E-state index contributed by atoms with van der Waals surface area (Å²) in [5, 5.41) is 39.3. The first kappa shape index (κ1) is 20.6. The fourth-order valence-electron chi connectivity index (χ4n) is 3.19. The molecule has 0 bridgehead atoms. The summed E-state index contributed by atoms with van der Waals surface area (Å²) < 4.78 is 20.9. The summed E-state index contributed by atoms with van der Waals surface area (Å²) in [6.07, 6.45) is -2.75. The molecular weight excluding hydrogens is 372 g/mol. The minimum absolute atomic E-state index is 0.00187. The zero-order valence-electron chi connectivity index (χ0n) is 15.6. The second kappa shape index (κ2) is 8.46. The van der Waals surface area contributed by atoms with Crippen LogP contribution in [0.1, 0.15) is 28.4 Å². The number of fused-ring (bicyclic) bond motifs is 1. The van der Waals surface area contributed by atoms with Crippen LogP contribution in [0.25, 0.3) is 0 Å². The van der Waals surface area contributed by atoms with Gasteiger partial charge in [0.25, 0.3) is 0 Å². The van der Waals surface area contributed by atoms with Crippen molar-refractivity contribution < 1.29 is 44.2 Å². The molecule has 9 heteroatoms. The first-order valence-electron chi connectivity index (χ1n) is 8.85. The molecule has 1 saturated heterocycles. The van der Waals surface area contributed by atoms with E-state index in [0.717, 1.165) is 5.57 Å². The molecule has 4 atom stereocenters. The molecule has 0 radical (unpaired) electrons. The summed E-state index contributed by atoms with van der Waals surface area (Å²) in [7, 11) is 1.42. The van der Waals surface area contributed by atoms with Crippen LogP contribution in [0.4, 0.5) is 0 Å². The third-order valence-electron chi connectivity index (χ3n) is 4.85. The smallest absolute Gasteiger partial charge is 0.342 e. The Labute approximate surface area is 161 Å². The second-order valence-corrected chi connectivity index (χ2v) is 6.82. The standard InChI is InChI=1S/C19H24O9/c1-9(6-27-19-17(23)16(22)13(21)8-28-19)3-4-10-11-7-26-18(24)15(11)14(25-2)5-12(10)20/h3,5,13,16-17,19-23H,4,6-8H2,1-2H3/b9-3-/t13-,16+,17-,19-/m1/s1. The number of aliphatic hydroxyl groups is 3. The molecule has 2 heterocycles. The van der Waals surface area contributed by atoms with Crippen LogP contribution in [0.2, 0.25) is 0 Å². The predicted molar refractivity (Wildman–Crippen MR) is 95.0 cm³/mol. The Bertz CT molecular complexity index is 773. The van der Waals surface area contributed by atoms with E-state index >= 15 is 0 Å². The number of hydrogen-bond donors (Lipinski definition) is 4. The summed E-state index contributed by atoms with van der Waals surface area (Å²) >= 11 is 0. The molecule has 154 valence electrons. The SMILES string of the molecule is COc1cc(O)c(C/C=C(/C)CO[C@@H]2OC[C@@H](O)[C@H](O)[C@H]2O)c2c1C(=O)OC2. The Balaban J connectivity index is 1.67. The Kier molecular flexibility index (Phi) is 6.21. The maximum atomic E-state index is 11.9. The van der Waals surface area contributed by atoms with Gasteiger partial charge in [0.05, 0.1) is 20.3 Å². The molecule has 28 heavy (non-hydrogen) atoms. The number of esters is 1. The molecule has 9 nitrogen and oxygen atoms in total. The van der Waals surface area contributed by atoms with E-state index in [1.165, 1.54) is 13.2 Å². The number of hydrogen-bond acceptors (Lipinski definition) is 9. The van der Waals surface area contributed by atoms with E-state index in [1.54, 1.807) is 6.92 Å². The number of benzene rings is 1. The second-order valence-electron chi connectivity index (χ2n) is 6.82. The van der Waals surface area contributed by atoms with Gasteiger partial charge in [0.15, 0.2) is 6.29 Å². The largest absolute Gasteiger partial charge is 0.508 e. The fourth-order valence-corrected chi connectivity index (χ4v) is 3.19. The number of phenolic OH excluding ortho intramolecular Hbond substituents is 1. The lowest BCUT2D eigenvalue weighted by atomic mass is 9.97. The van der Waals surface area contributed by atoms with Gasteiger partial charge in [0, 0.05) is 17.2 Å². The first-order valence-corrected chi connectivity index (χ1v) is 8.85. The Morgan fingerprint density at radius 1 is 1.32 bits per heavy atom. The summed E-state index contributed by atoms with van der Waals surface area (Å²) in [5.41, 5.74) is 2.26. The van der Waals surface area contributed by atoms with Crippen molar-refractivity contribution in [3.05, 3.63) is 34.4 Å². The molecule has 1 aromatic rings. The Hall–Kier alpha value is -2.17. The van der Waals surface area contributed by atoms with Gasteiger partial charge in [-0.05, 0) is 13.3 Å². The highest BCUT2D eigenvalue weighted by atomic mass is 16.7. The van der Waals surface area contributed by atoms with Crippen LogP contribution < -0.4 is 4.74 Å². The molecule has 0 amide bonds. The molecule has 0 aromatic heterocycles. The van der Waals surface area contributed by atoms with Crippen LogP contribution in [0, 0.1) is 0 Å². The van der Waals surface area contributed by atoms with E-state index in [2.05, 4.69) is 0 Å². The van der Waals surface area contributed by atoms with Gasteiger partial charge >= 0.3 is 5.97 Å². The summed E-state index contributed by atoms with van der Waals surface area (Å²) in [4.78, 5) is 11.9. The number of methoxy groups -OCH3 is 1. The number of aliphatic hydroxyl groups excluding tert-OH is 3. The maximum Gasteiger partial charge on any atom is 0.342 e. The molecule has 0 spiro atoms. The van der Waals surface area contributed by atoms with Crippen LogP contribution in [0.5, 0.6) is 11.5 Å². The van der Waals surface area contributed by atoms with Gasteiger partial charge in [0.1, 0.15) is 42.0 Å². The third-order valence-corrected chi connectivity index (χ3v) is 4.85. The lowest BCUT2D eigenvalue weighted by Crippen LogP contribution is -2.53. The summed E-state index contributed by atoms with van der Waals surface area (Å²) in [6.45, 7) is 1.84. The number of allylic oxidation sites excluding steroid dienone is 1. The van der Waals surface area contributed by atoms with Crippen molar-refractivity contribution in [2.24, 2.45) is 0 Å². The molecular formula is C19H24O9. The van der Waals surface area contributed by atoms with Gasteiger partial charge in [-0.3, -0.25) is 0 Å². The van der Waals surface area contributed by atoms with Crippen LogP contribution >= 0.6 is 0 Å². The van der Waals surface area contributed by atoms with Gasteiger partial charge in [-0.25, -0.2) is 4.79 Å². The lowest BCUT2D eigenvalue weighted by Gasteiger charge is -2.34. The van der Waals surface area contributed by atoms with Gasteiger partial charge in [-0.1, -0.05) is 11.6 Å². The van der Waals surface area contributed by atoms with E-state index in [4.69, 9.17) is 18.9 Å². The lowest BCUT2D eigenvalue weighted by molar-refractivity contribution is -0.267. The van der Waals surface area contributed by atoms with Gasteiger partial charge in [-0.15, -0.1) is 0 Å². The zero-order chi connectivity index (χ0) is 20.4. The molecule has 0 unspecified atom stereocenters. The highest BCUT2D eigenvalue weighted by molar-refractivity contribution is 5.97. The summed E-state index contributed by atoms with van der Waals surface area (Å²) in [5.74, 6) is -0.213. The number of cyclic esters (lactones) is 1. The van der Waals surface area contributed by atoms with Gasteiger partial charge in [-0.2, -0.15) is 0 Å². The Morgan fingerprint density at radius 3 is 2.79 bits per heavy atom. The normalized spacial score (nSPS) is 27.5. The zero-order valence-corrected chi connectivity index (χ0v) is 15.6. The van der Waals surface area contributed by atoms with Crippen molar-refractivity contribution in [1.29, 1.82) is 0 Å². The van der Waals surface area contributed by atoms with Crippen molar-refractivity contribution in [2.75, 3.05) is 20.3 Å². The predicted octanol–water partition coefficient (Wildman–Crippen LogP) is 0.0156. The first-order chi connectivity index (χ1) is 13.3. The highest BCUT2D eigenvalue weighted by Gasteiger charge is 2.38. The van der Waals surface area contributed by atoms with E-state index in [0.29, 0.717) is 23.1 Å². The van der Waals surface area contributed by atoms with Crippen molar-refractivity contribution in [3.63, 3.8) is 0 Å². The van der Waals surface area contributed by atoms with Crippen LogP contribution in [0.15, 0.2) is 17.7 Å². The quantitative estimate of drug-likeness (QED) is 0.387. The molecule has 3 rings (SSSR count). The topological polar surface area (TPSA) is 135 Å². The van der Waals surface area contributed by atoms with E-state index in [1.807, 2.05) is 6.08 Å². The Morgan fingerprint density at radius 2 is 2.07 bits per heavy atom. The number of rotatable bonds is 6. The van der Waals surface area contributed by atoms with Crippen molar-refractivity contribution in [2.45, 2.75) is 44.6 Å². The summed E-state index contributed by atoms with van der Waals surface area (Å²) in [6, 6.07) is 1.39. The van der Waals surface area contributed by atoms with Crippen molar-refractivity contribution >= 4 is 5.97 Å². The number of aromatic hydroxyl groups is 1. The van der Waals surface area contributed by atoms with Crippen LogP contribution in [-0.4, -0.2) is 71.3 Å². The van der Waals surface area contributed by atoms with E-state index in [-0.39, 0.29) is 31.3 Å². The minimum atomic E-state index is -1.35. The van der Waals surface area contributed by atoms with Crippen LogP contribution in [0.3, 0.4) is 0 Å². The number of carbonyl (C=O) groups is 1. The molecule has 0 saturated carbocycles. The minimum Gasteiger partial charge on any atom is -0.508 e. The average Bonchev–Trinajstić information content (AvgIpc) is 3.06. The van der Waals surface area contributed by atoms with E-state index < -0.39 is 30.6 Å². The number of carbonyl (C=O) groups excluding carboxylic acids is 1. The van der Waals surface area contributed by atoms with Crippen molar-refractivity contribution in [3.8, 4) is 11.5 Å². The fraction of sp³-hybridized carbons (Fsp3) is 0.526. The monoisotopic (exact) mass is 396 g/mol. The number of phenols is 1. The molecule has 4 N–H and O–H groups in total. The molecule has 2 aliphatic rings.